The van der Waals surface area contributed by atoms with Gasteiger partial charge in [-0.15, -0.1) is 0 Å². The minimum atomic E-state index is -0.00552. The lowest BCUT2D eigenvalue weighted by Crippen LogP contribution is -2.03. The normalized spacial score (nSPS) is 10.3. The average Bonchev–Trinajstić information content (AvgIpc) is 2.49. The van der Waals surface area contributed by atoms with Crippen LogP contribution >= 0.6 is 0 Å². The molecule has 2 rings (SSSR count). The number of hydrogen-bond acceptors (Lipinski definition) is 3. The molecule has 110 valence electrons. The summed E-state index contributed by atoms with van der Waals surface area (Å²) in [4.78, 5) is 11.6. The molecule has 0 atom stereocenters. The van der Waals surface area contributed by atoms with E-state index >= 15 is 0 Å². The Morgan fingerprint density at radius 1 is 1.05 bits per heavy atom. The Morgan fingerprint density at radius 2 is 1.62 bits per heavy atom. The third-order valence-electron chi connectivity index (χ3n) is 3.64. The summed E-state index contributed by atoms with van der Waals surface area (Å²) in [6.45, 7) is 3.62. The number of carbonyl (C=O) groups excluding carboxylic acids is 1. The van der Waals surface area contributed by atoms with Crippen LogP contribution in [0.4, 0.5) is 0 Å². The molecular formula is C18H20O3. The first-order chi connectivity index (χ1) is 10.1. The standard InChI is InChI=1S/C18H20O3/c1-12-7-5-6-8-14(12)9-16-17(20-3)10-15(13(2)19)11-18(16)21-4/h5-8,10-11H,9H2,1-4H3. The zero-order chi connectivity index (χ0) is 15.4. The van der Waals surface area contributed by atoms with Crippen molar-refractivity contribution in [3.8, 4) is 11.5 Å². The van der Waals surface area contributed by atoms with Gasteiger partial charge >= 0.3 is 0 Å². The van der Waals surface area contributed by atoms with Crippen molar-refractivity contribution in [1.82, 2.24) is 0 Å². The molecule has 0 spiro atoms. The number of aryl methyl sites for hydroxylation is 1. The molecule has 2 aromatic carbocycles. The maximum Gasteiger partial charge on any atom is 0.160 e. The lowest BCUT2D eigenvalue weighted by molar-refractivity contribution is 0.101. The SMILES string of the molecule is COc1cc(C(C)=O)cc(OC)c1Cc1ccccc1C. The maximum absolute atomic E-state index is 11.6. The Hall–Kier alpha value is -2.29. The molecule has 0 bridgehead atoms. The molecule has 0 aliphatic rings. The van der Waals surface area contributed by atoms with Gasteiger partial charge in [-0.25, -0.2) is 0 Å². The minimum absolute atomic E-state index is 0.00552. The van der Waals surface area contributed by atoms with E-state index in [9.17, 15) is 4.79 Å². The average molecular weight is 284 g/mol. The second kappa shape index (κ2) is 6.44. The van der Waals surface area contributed by atoms with Crippen LogP contribution in [-0.4, -0.2) is 20.0 Å². The summed E-state index contributed by atoms with van der Waals surface area (Å²) in [6.07, 6.45) is 0.706. The number of hydrogen-bond donors (Lipinski definition) is 0. The molecule has 3 nitrogen and oxygen atoms in total. The van der Waals surface area contributed by atoms with Gasteiger partial charge in [0.2, 0.25) is 0 Å². The molecule has 2 aromatic rings. The molecule has 3 heteroatoms. The smallest absolute Gasteiger partial charge is 0.160 e. The molecule has 0 amide bonds. The number of ether oxygens (including phenoxy) is 2. The first-order valence-corrected chi connectivity index (χ1v) is 6.87. The largest absolute Gasteiger partial charge is 0.496 e. The predicted octanol–water partition coefficient (Wildman–Crippen LogP) is 3.81. The first kappa shape index (κ1) is 15.1. The second-order valence-electron chi connectivity index (χ2n) is 5.02. The summed E-state index contributed by atoms with van der Waals surface area (Å²) in [5.41, 5.74) is 3.98. The van der Waals surface area contributed by atoms with E-state index in [1.54, 1.807) is 26.4 Å². The van der Waals surface area contributed by atoms with Crippen LogP contribution in [-0.2, 0) is 6.42 Å². The van der Waals surface area contributed by atoms with Crippen molar-refractivity contribution in [1.29, 1.82) is 0 Å². The van der Waals surface area contributed by atoms with Gasteiger partial charge < -0.3 is 9.47 Å². The van der Waals surface area contributed by atoms with E-state index in [4.69, 9.17) is 9.47 Å². The maximum atomic E-state index is 11.6. The van der Waals surface area contributed by atoms with E-state index in [0.717, 1.165) is 5.56 Å². The van der Waals surface area contributed by atoms with Gasteiger partial charge in [-0.3, -0.25) is 4.79 Å². The third-order valence-corrected chi connectivity index (χ3v) is 3.64. The van der Waals surface area contributed by atoms with Crippen molar-refractivity contribution < 1.29 is 14.3 Å². The van der Waals surface area contributed by atoms with Crippen LogP contribution in [0.1, 0.15) is 34.0 Å². The fourth-order valence-corrected chi connectivity index (χ4v) is 2.36. The van der Waals surface area contributed by atoms with Gasteiger partial charge in [0, 0.05) is 17.5 Å². The predicted molar refractivity (Wildman–Crippen MR) is 83.5 cm³/mol. The summed E-state index contributed by atoms with van der Waals surface area (Å²) in [5.74, 6) is 1.36. The molecule has 0 aliphatic carbocycles. The van der Waals surface area contributed by atoms with Gasteiger partial charge in [-0.05, 0) is 37.1 Å². The molecule has 0 aliphatic heterocycles. The van der Waals surface area contributed by atoms with Crippen LogP contribution in [0.3, 0.4) is 0 Å². The van der Waals surface area contributed by atoms with Crippen molar-refractivity contribution in [3.63, 3.8) is 0 Å². The van der Waals surface area contributed by atoms with E-state index in [0.29, 0.717) is 23.5 Å². The Bertz CT molecular complexity index is 634. The Kier molecular flexibility index (Phi) is 4.63. The Morgan fingerprint density at radius 3 is 2.10 bits per heavy atom. The quantitative estimate of drug-likeness (QED) is 0.783. The summed E-state index contributed by atoms with van der Waals surface area (Å²) in [6, 6.07) is 11.8. The van der Waals surface area contributed by atoms with Gasteiger partial charge in [0.05, 0.1) is 14.2 Å². The van der Waals surface area contributed by atoms with Crippen LogP contribution in [0.5, 0.6) is 11.5 Å². The van der Waals surface area contributed by atoms with E-state index in [1.807, 2.05) is 12.1 Å². The van der Waals surface area contributed by atoms with Crippen molar-refractivity contribution in [3.05, 3.63) is 58.7 Å². The monoisotopic (exact) mass is 284 g/mol. The van der Waals surface area contributed by atoms with Crippen LogP contribution in [0, 0.1) is 6.92 Å². The lowest BCUT2D eigenvalue weighted by Gasteiger charge is -2.15. The molecule has 0 saturated heterocycles. The Balaban J connectivity index is 2.51. The van der Waals surface area contributed by atoms with Gasteiger partial charge in [0.25, 0.3) is 0 Å². The van der Waals surface area contributed by atoms with E-state index < -0.39 is 0 Å². The van der Waals surface area contributed by atoms with E-state index in [-0.39, 0.29) is 5.78 Å². The number of methoxy groups -OCH3 is 2. The summed E-state index contributed by atoms with van der Waals surface area (Å²) in [5, 5.41) is 0. The number of benzene rings is 2. The van der Waals surface area contributed by atoms with Crippen LogP contribution in [0.25, 0.3) is 0 Å². The molecule has 0 fully saturated rings. The van der Waals surface area contributed by atoms with Crippen LogP contribution in [0.2, 0.25) is 0 Å². The zero-order valence-corrected chi connectivity index (χ0v) is 12.9. The molecule has 21 heavy (non-hydrogen) atoms. The molecule has 0 saturated carbocycles. The van der Waals surface area contributed by atoms with Gasteiger partial charge in [0.1, 0.15) is 11.5 Å². The number of ketones is 1. The van der Waals surface area contributed by atoms with Crippen molar-refractivity contribution in [2.24, 2.45) is 0 Å². The molecule has 0 N–H and O–H groups in total. The van der Waals surface area contributed by atoms with E-state index in [1.165, 1.54) is 18.1 Å². The van der Waals surface area contributed by atoms with Crippen LogP contribution in [0.15, 0.2) is 36.4 Å². The zero-order valence-electron chi connectivity index (χ0n) is 12.9. The highest BCUT2D eigenvalue weighted by Crippen LogP contribution is 2.33. The molecule has 0 radical (unpaired) electrons. The molecule has 0 aromatic heterocycles. The minimum Gasteiger partial charge on any atom is -0.496 e. The van der Waals surface area contributed by atoms with Gasteiger partial charge in [-0.1, -0.05) is 24.3 Å². The fourth-order valence-electron chi connectivity index (χ4n) is 2.36. The number of rotatable bonds is 5. The topological polar surface area (TPSA) is 35.5 Å². The van der Waals surface area contributed by atoms with Crippen LogP contribution < -0.4 is 9.47 Å². The fraction of sp³-hybridized carbons (Fsp3) is 0.278. The van der Waals surface area contributed by atoms with Crippen molar-refractivity contribution >= 4 is 5.78 Å². The second-order valence-corrected chi connectivity index (χ2v) is 5.02. The first-order valence-electron chi connectivity index (χ1n) is 6.87. The highest BCUT2D eigenvalue weighted by atomic mass is 16.5. The molecule has 0 unspecified atom stereocenters. The molecular weight excluding hydrogens is 264 g/mol. The summed E-state index contributed by atoms with van der Waals surface area (Å²) >= 11 is 0. The Labute approximate surface area is 125 Å². The number of Topliss-reactive ketones (excluding diaryl/α,β-unsaturated/α-hetero) is 1. The van der Waals surface area contributed by atoms with Crippen molar-refractivity contribution in [2.45, 2.75) is 20.3 Å². The summed E-state index contributed by atoms with van der Waals surface area (Å²) in [7, 11) is 3.22. The molecule has 0 heterocycles. The highest BCUT2D eigenvalue weighted by Gasteiger charge is 2.15. The van der Waals surface area contributed by atoms with E-state index in [2.05, 4.69) is 19.1 Å². The van der Waals surface area contributed by atoms with Gasteiger partial charge in [-0.2, -0.15) is 0 Å². The summed E-state index contributed by atoms with van der Waals surface area (Å²) < 4.78 is 10.9. The van der Waals surface area contributed by atoms with Gasteiger partial charge in [0.15, 0.2) is 5.78 Å². The highest BCUT2D eigenvalue weighted by molar-refractivity contribution is 5.95. The third kappa shape index (κ3) is 3.24. The van der Waals surface area contributed by atoms with Crippen molar-refractivity contribution in [2.75, 3.05) is 14.2 Å². The number of carbonyl (C=O) groups is 1. The lowest BCUT2D eigenvalue weighted by atomic mass is 9.97.